The first-order valence-corrected chi connectivity index (χ1v) is 11.5. The Morgan fingerprint density at radius 2 is 2.06 bits per heavy atom. The van der Waals surface area contributed by atoms with Crippen molar-refractivity contribution in [2.45, 2.75) is 51.9 Å². The Kier molecular flexibility index (Phi) is 5.41. The van der Waals surface area contributed by atoms with Crippen molar-refractivity contribution >= 4 is 22.6 Å². The van der Waals surface area contributed by atoms with Gasteiger partial charge in [-0.25, -0.2) is 14.2 Å². The van der Waals surface area contributed by atoms with Crippen molar-refractivity contribution in [1.29, 1.82) is 0 Å². The Labute approximate surface area is 195 Å². The van der Waals surface area contributed by atoms with Gasteiger partial charge in [0.2, 0.25) is 0 Å². The molecule has 1 aromatic carbocycles. The van der Waals surface area contributed by atoms with Crippen LogP contribution in [0.4, 0.5) is 10.1 Å². The standard InChI is InChI=1S/C25H27FN4O4/c1-3-25(33)17-9-20-22-15(11-30(20)23(31)16(17)12-34-24(25)32)21(28-7-5-4-6-27)14-8-13(2)18(26)10-19(14)29-22/h8-10,33H,3-7,11-12,27H2,1-2H3,(H,28,29)/t25-/m0/s1. The van der Waals surface area contributed by atoms with E-state index in [4.69, 9.17) is 15.5 Å². The van der Waals surface area contributed by atoms with E-state index in [1.165, 1.54) is 6.07 Å². The number of nitrogens with two attached hydrogens (primary N) is 1. The molecular formula is C25H27FN4O4. The maximum absolute atomic E-state index is 14.4. The lowest BCUT2D eigenvalue weighted by atomic mass is 9.86. The van der Waals surface area contributed by atoms with Gasteiger partial charge in [-0.15, -0.1) is 0 Å². The molecule has 4 N–H and O–H groups in total. The third kappa shape index (κ3) is 3.22. The molecular weight excluding hydrogens is 439 g/mol. The molecule has 0 aliphatic carbocycles. The van der Waals surface area contributed by atoms with Gasteiger partial charge in [0.15, 0.2) is 5.60 Å². The molecule has 5 rings (SSSR count). The predicted octanol–water partition coefficient (Wildman–Crippen LogP) is 2.68. The number of hydrogen-bond acceptors (Lipinski definition) is 7. The summed E-state index contributed by atoms with van der Waals surface area (Å²) in [4.78, 5) is 30.5. The number of hydrogen-bond donors (Lipinski definition) is 3. The number of unbranched alkanes of at least 4 members (excludes halogenated alkanes) is 1. The zero-order chi connectivity index (χ0) is 24.2. The molecule has 34 heavy (non-hydrogen) atoms. The van der Waals surface area contributed by atoms with Gasteiger partial charge >= 0.3 is 5.97 Å². The maximum atomic E-state index is 14.4. The van der Waals surface area contributed by atoms with Crippen molar-refractivity contribution < 1.29 is 19.0 Å². The summed E-state index contributed by atoms with van der Waals surface area (Å²) >= 11 is 0. The van der Waals surface area contributed by atoms with Gasteiger partial charge in [-0.05, 0) is 50.4 Å². The Bertz CT molecular complexity index is 1400. The van der Waals surface area contributed by atoms with Crippen molar-refractivity contribution in [2.75, 3.05) is 18.4 Å². The number of aromatic nitrogens is 2. The number of esters is 1. The van der Waals surface area contributed by atoms with Gasteiger partial charge in [0.25, 0.3) is 5.56 Å². The number of carbonyl (C=O) groups is 1. The summed E-state index contributed by atoms with van der Waals surface area (Å²) in [7, 11) is 0. The number of fused-ring (bicyclic) bond motifs is 5. The van der Waals surface area contributed by atoms with Gasteiger partial charge in [0.05, 0.1) is 34.7 Å². The fourth-order valence-electron chi connectivity index (χ4n) is 4.89. The molecule has 2 aromatic heterocycles. The van der Waals surface area contributed by atoms with Crippen LogP contribution >= 0.6 is 0 Å². The number of nitrogens with zero attached hydrogens (tertiary/aromatic N) is 2. The SMILES string of the molecule is CC[C@@]1(O)C(=O)OCc2c1cc1n(c2=O)Cc2c-1nc1cc(F)c(C)cc1c2NCCCCN. The average Bonchev–Trinajstić information content (AvgIpc) is 3.19. The van der Waals surface area contributed by atoms with E-state index in [0.717, 1.165) is 29.5 Å². The van der Waals surface area contributed by atoms with E-state index < -0.39 is 11.6 Å². The lowest BCUT2D eigenvalue weighted by molar-refractivity contribution is -0.172. The number of cyclic esters (lactones) is 1. The van der Waals surface area contributed by atoms with Crippen molar-refractivity contribution in [3.05, 3.63) is 56.6 Å². The van der Waals surface area contributed by atoms with Crippen LogP contribution in [0.3, 0.4) is 0 Å². The van der Waals surface area contributed by atoms with E-state index in [2.05, 4.69) is 5.32 Å². The number of rotatable bonds is 6. The van der Waals surface area contributed by atoms with Crippen LogP contribution in [-0.2, 0) is 28.3 Å². The highest BCUT2D eigenvalue weighted by Crippen LogP contribution is 2.42. The lowest BCUT2D eigenvalue weighted by Gasteiger charge is -2.31. The molecule has 8 nitrogen and oxygen atoms in total. The Hall–Kier alpha value is -3.30. The molecule has 0 unspecified atom stereocenters. The molecule has 9 heteroatoms. The predicted molar refractivity (Wildman–Crippen MR) is 126 cm³/mol. The monoisotopic (exact) mass is 466 g/mol. The zero-order valence-electron chi connectivity index (χ0n) is 19.2. The van der Waals surface area contributed by atoms with Gasteiger partial charge < -0.3 is 25.5 Å². The van der Waals surface area contributed by atoms with Gasteiger partial charge in [-0.1, -0.05) is 6.92 Å². The molecule has 0 fully saturated rings. The van der Waals surface area contributed by atoms with E-state index >= 15 is 0 Å². The van der Waals surface area contributed by atoms with E-state index in [1.54, 1.807) is 30.5 Å². The number of ether oxygens (including phenoxy) is 1. The van der Waals surface area contributed by atoms with Crippen LogP contribution in [0.15, 0.2) is 23.0 Å². The van der Waals surface area contributed by atoms with Gasteiger partial charge in [0, 0.05) is 29.1 Å². The molecule has 2 aliphatic heterocycles. The highest BCUT2D eigenvalue weighted by molar-refractivity contribution is 5.97. The zero-order valence-corrected chi connectivity index (χ0v) is 19.2. The summed E-state index contributed by atoms with van der Waals surface area (Å²) in [5, 5.41) is 15.3. The van der Waals surface area contributed by atoms with Gasteiger partial charge in [0.1, 0.15) is 12.4 Å². The van der Waals surface area contributed by atoms with E-state index in [-0.39, 0.29) is 42.1 Å². The molecule has 178 valence electrons. The van der Waals surface area contributed by atoms with Crippen molar-refractivity contribution in [3.63, 3.8) is 0 Å². The first-order valence-electron chi connectivity index (χ1n) is 11.5. The first-order chi connectivity index (χ1) is 16.3. The summed E-state index contributed by atoms with van der Waals surface area (Å²) in [6.07, 6.45) is 1.79. The topological polar surface area (TPSA) is 119 Å². The quantitative estimate of drug-likeness (QED) is 0.295. The molecule has 1 atom stereocenters. The maximum Gasteiger partial charge on any atom is 0.343 e. The fraction of sp³-hybridized carbons (Fsp3) is 0.400. The van der Waals surface area contributed by atoms with Crippen LogP contribution in [0.1, 0.15) is 48.4 Å². The second-order valence-corrected chi connectivity index (χ2v) is 8.96. The van der Waals surface area contributed by atoms with Crippen LogP contribution < -0.4 is 16.6 Å². The first kappa shape index (κ1) is 22.5. The third-order valence-electron chi connectivity index (χ3n) is 6.90. The summed E-state index contributed by atoms with van der Waals surface area (Å²) in [6, 6.07) is 4.82. The minimum absolute atomic E-state index is 0.0676. The van der Waals surface area contributed by atoms with Crippen molar-refractivity contribution in [2.24, 2.45) is 5.73 Å². The molecule has 0 saturated carbocycles. The number of benzene rings is 1. The summed E-state index contributed by atoms with van der Waals surface area (Å²) < 4.78 is 21.2. The summed E-state index contributed by atoms with van der Waals surface area (Å²) in [5.74, 6) is -1.13. The molecule has 0 saturated heterocycles. The lowest BCUT2D eigenvalue weighted by Crippen LogP contribution is -2.44. The number of nitrogens with one attached hydrogen (secondary N) is 1. The second-order valence-electron chi connectivity index (χ2n) is 8.96. The van der Waals surface area contributed by atoms with E-state index in [1.807, 2.05) is 0 Å². The van der Waals surface area contributed by atoms with Crippen LogP contribution in [-0.4, -0.2) is 33.7 Å². The summed E-state index contributed by atoms with van der Waals surface area (Å²) in [6.45, 7) is 4.71. The fourth-order valence-corrected chi connectivity index (χ4v) is 4.89. The van der Waals surface area contributed by atoms with Gasteiger partial charge in [-0.2, -0.15) is 0 Å². The number of halogens is 1. The summed E-state index contributed by atoms with van der Waals surface area (Å²) in [5.41, 5.74) is 7.55. The van der Waals surface area contributed by atoms with Crippen LogP contribution in [0.2, 0.25) is 0 Å². The van der Waals surface area contributed by atoms with Crippen LogP contribution in [0.25, 0.3) is 22.3 Å². The Morgan fingerprint density at radius 3 is 2.79 bits per heavy atom. The van der Waals surface area contributed by atoms with Crippen molar-refractivity contribution in [1.82, 2.24) is 9.55 Å². The highest BCUT2D eigenvalue weighted by Gasteiger charge is 2.45. The molecule has 2 aliphatic rings. The smallest absolute Gasteiger partial charge is 0.343 e. The Morgan fingerprint density at radius 1 is 1.26 bits per heavy atom. The molecule has 0 spiro atoms. The van der Waals surface area contributed by atoms with Crippen LogP contribution in [0.5, 0.6) is 0 Å². The van der Waals surface area contributed by atoms with Gasteiger partial charge in [-0.3, -0.25) is 4.79 Å². The number of aryl methyl sites for hydroxylation is 1. The molecule has 0 bridgehead atoms. The molecule has 0 radical (unpaired) electrons. The minimum Gasteiger partial charge on any atom is -0.458 e. The average molecular weight is 467 g/mol. The number of pyridine rings is 2. The molecule has 3 aromatic rings. The van der Waals surface area contributed by atoms with Crippen molar-refractivity contribution in [3.8, 4) is 11.4 Å². The normalized spacial score (nSPS) is 18.4. The number of anilines is 1. The van der Waals surface area contributed by atoms with E-state index in [0.29, 0.717) is 35.6 Å². The number of carbonyl (C=O) groups excluding carboxylic acids is 1. The highest BCUT2D eigenvalue weighted by atomic mass is 19.1. The van der Waals surface area contributed by atoms with Crippen LogP contribution in [0, 0.1) is 12.7 Å². The number of aliphatic hydroxyl groups is 1. The molecule has 4 heterocycles. The second kappa shape index (κ2) is 8.18. The Balaban J connectivity index is 1.74. The van der Waals surface area contributed by atoms with E-state index in [9.17, 15) is 19.1 Å². The minimum atomic E-state index is -1.89. The largest absolute Gasteiger partial charge is 0.458 e. The molecule has 0 amide bonds. The third-order valence-corrected chi connectivity index (χ3v) is 6.90.